The van der Waals surface area contributed by atoms with Crippen LogP contribution in [-0.4, -0.2) is 5.11 Å². The first-order chi connectivity index (χ1) is 6.68. The van der Waals surface area contributed by atoms with Gasteiger partial charge in [-0.05, 0) is 43.2 Å². The topological polar surface area (TPSA) is 33.4 Å². The van der Waals surface area contributed by atoms with Crippen LogP contribution in [0.2, 0.25) is 0 Å². The minimum atomic E-state index is 0.297. The van der Waals surface area contributed by atoms with E-state index in [1.54, 1.807) is 6.26 Å². The normalized spacial score (nSPS) is 10.4. The minimum absolute atomic E-state index is 0.297. The van der Waals surface area contributed by atoms with Crippen LogP contribution >= 0.6 is 0 Å². The molecule has 0 unspecified atom stereocenters. The number of aryl methyl sites for hydroxylation is 2. The first-order valence-corrected chi connectivity index (χ1v) is 4.52. The van der Waals surface area contributed by atoms with E-state index < -0.39 is 0 Å². The summed E-state index contributed by atoms with van der Waals surface area (Å²) in [6.45, 7) is 3.88. The van der Waals surface area contributed by atoms with Crippen LogP contribution in [0.15, 0.2) is 34.9 Å². The van der Waals surface area contributed by atoms with Gasteiger partial charge < -0.3 is 9.52 Å². The molecule has 0 aliphatic heterocycles. The van der Waals surface area contributed by atoms with Crippen molar-refractivity contribution in [1.82, 2.24) is 0 Å². The lowest BCUT2D eigenvalue weighted by molar-refractivity contribution is 0.469. The number of phenolic OH excluding ortho intramolecular Hbond substituents is 1. The molecule has 0 atom stereocenters. The lowest BCUT2D eigenvalue weighted by Gasteiger charge is -2.06. The van der Waals surface area contributed by atoms with Gasteiger partial charge in [0.05, 0.1) is 11.8 Å². The molecule has 2 rings (SSSR count). The number of aromatic hydroxyl groups is 1. The fourth-order valence-corrected chi connectivity index (χ4v) is 1.58. The number of hydrogen-bond acceptors (Lipinski definition) is 2. The SMILES string of the molecule is Cc1cc(C)c(O)c(-c2ccco2)c1. The largest absolute Gasteiger partial charge is 0.507 e. The number of hydrogen-bond donors (Lipinski definition) is 1. The number of rotatable bonds is 1. The Morgan fingerprint density at radius 3 is 2.64 bits per heavy atom. The van der Waals surface area contributed by atoms with E-state index in [1.807, 2.05) is 38.1 Å². The van der Waals surface area contributed by atoms with Crippen LogP contribution in [0.5, 0.6) is 5.75 Å². The van der Waals surface area contributed by atoms with Crippen molar-refractivity contribution in [2.75, 3.05) is 0 Å². The van der Waals surface area contributed by atoms with Gasteiger partial charge in [0.15, 0.2) is 0 Å². The molecule has 0 aliphatic rings. The predicted molar refractivity (Wildman–Crippen MR) is 55.3 cm³/mol. The summed E-state index contributed by atoms with van der Waals surface area (Å²) in [7, 11) is 0. The van der Waals surface area contributed by atoms with Gasteiger partial charge >= 0.3 is 0 Å². The molecule has 0 bridgehead atoms. The summed E-state index contributed by atoms with van der Waals surface area (Å²) in [5, 5.41) is 9.83. The van der Waals surface area contributed by atoms with Crippen molar-refractivity contribution in [3.05, 3.63) is 41.7 Å². The van der Waals surface area contributed by atoms with Crippen molar-refractivity contribution in [3.8, 4) is 17.1 Å². The standard InChI is InChI=1S/C12H12O2/c1-8-6-9(2)12(13)10(7-8)11-4-3-5-14-11/h3-7,13H,1-2H3. The fourth-order valence-electron chi connectivity index (χ4n) is 1.58. The maximum atomic E-state index is 9.83. The van der Waals surface area contributed by atoms with E-state index in [0.717, 1.165) is 16.7 Å². The maximum Gasteiger partial charge on any atom is 0.137 e. The monoisotopic (exact) mass is 188 g/mol. The van der Waals surface area contributed by atoms with E-state index in [2.05, 4.69) is 0 Å². The summed E-state index contributed by atoms with van der Waals surface area (Å²) >= 11 is 0. The third-order valence-corrected chi connectivity index (χ3v) is 2.23. The van der Waals surface area contributed by atoms with Gasteiger partial charge in [-0.1, -0.05) is 6.07 Å². The van der Waals surface area contributed by atoms with E-state index in [4.69, 9.17) is 4.42 Å². The van der Waals surface area contributed by atoms with Crippen molar-refractivity contribution < 1.29 is 9.52 Å². The molecule has 1 N–H and O–H groups in total. The highest BCUT2D eigenvalue weighted by atomic mass is 16.3. The van der Waals surface area contributed by atoms with E-state index in [0.29, 0.717) is 11.5 Å². The van der Waals surface area contributed by atoms with Crippen LogP contribution in [0.1, 0.15) is 11.1 Å². The van der Waals surface area contributed by atoms with Crippen LogP contribution in [0.4, 0.5) is 0 Å². The van der Waals surface area contributed by atoms with E-state index in [-0.39, 0.29) is 0 Å². The van der Waals surface area contributed by atoms with Gasteiger partial charge in [0, 0.05) is 0 Å². The summed E-state index contributed by atoms with van der Waals surface area (Å²) in [5.41, 5.74) is 2.75. The Hall–Kier alpha value is -1.70. The second-order valence-electron chi connectivity index (χ2n) is 3.46. The van der Waals surface area contributed by atoms with Gasteiger partial charge in [0.1, 0.15) is 11.5 Å². The third-order valence-electron chi connectivity index (χ3n) is 2.23. The second kappa shape index (κ2) is 3.22. The Bertz CT molecular complexity index is 442. The van der Waals surface area contributed by atoms with Gasteiger partial charge in [0.25, 0.3) is 0 Å². The lowest BCUT2D eigenvalue weighted by atomic mass is 10.0. The Balaban J connectivity index is 2.64. The van der Waals surface area contributed by atoms with E-state index >= 15 is 0 Å². The summed E-state index contributed by atoms with van der Waals surface area (Å²) in [5.74, 6) is 1.000. The van der Waals surface area contributed by atoms with E-state index in [9.17, 15) is 5.11 Å². The highest BCUT2D eigenvalue weighted by Crippen LogP contribution is 2.33. The molecule has 1 heterocycles. The Morgan fingerprint density at radius 2 is 2.00 bits per heavy atom. The smallest absolute Gasteiger partial charge is 0.137 e. The highest BCUT2D eigenvalue weighted by Gasteiger charge is 2.09. The first-order valence-electron chi connectivity index (χ1n) is 4.52. The quantitative estimate of drug-likeness (QED) is 0.745. The van der Waals surface area contributed by atoms with Crippen LogP contribution < -0.4 is 0 Å². The van der Waals surface area contributed by atoms with Crippen LogP contribution in [-0.2, 0) is 0 Å². The molecule has 1 aromatic heterocycles. The van der Waals surface area contributed by atoms with Crippen LogP contribution in [0, 0.1) is 13.8 Å². The zero-order valence-corrected chi connectivity index (χ0v) is 8.24. The Kier molecular flexibility index (Phi) is 2.04. The van der Waals surface area contributed by atoms with Crippen molar-refractivity contribution in [2.24, 2.45) is 0 Å². The van der Waals surface area contributed by atoms with Gasteiger partial charge in [-0.15, -0.1) is 0 Å². The summed E-state index contributed by atoms with van der Waals surface area (Å²) in [4.78, 5) is 0. The molecule has 0 saturated heterocycles. The average molecular weight is 188 g/mol. The highest BCUT2D eigenvalue weighted by molar-refractivity contribution is 5.68. The van der Waals surface area contributed by atoms with Gasteiger partial charge in [-0.2, -0.15) is 0 Å². The molecule has 0 amide bonds. The zero-order valence-electron chi connectivity index (χ0n) is 8.24. The first kappa shape index (κ1) is 8.88. The summed E-state index contributed by atoms with van der Waals surface area (Å²) in [6.07, 6.45) is 1.60. The molecule has 0 aliphatic carbocycles. The number of phenols is 1. The fraction of sp³-hybridized carbons (Fsp3) is 0.167. The molecule has 0 radical (unpaired) electrons. The molecule has 14 heavy (non-hydrogen) atoms. The molecular weight excluding hydrogens is 176 g/mol. The van der Waals surface area contributed by atoms with Crippen molar-refractivity contribution >= 4 is 0 Å². The van der Waals surface area contributed by atoms with Gasteiger partial charge in [0.2, 0.25) is 0 Å². The second-order valence-corrected chi connectivity index (χ2v) is 3.46. The minimum Gasteiger partial charge on any atom is -0.507 e. The third kappa shape index (κ3) is 1.39. The molecule has 2 nitrogen and oxygen atoms in total. The Labute approximate surface area is 82.8 Å². The number of furan rings is 1. The van der Waals surface area contributed by atoms with Gasteiger partial charge in [-0.3, -0.25) is 0 Å². The summed E-state index contributed by atoms with van der Waals surface area (Å²) in [6, 6.07) is 7.52. The molecule has 0 fully saturated rings. The lowest BCUT2D eigenvalue weighted by Crippen LogP contribution is -1.83. The average Bonchev–Trinajstić information content (AvgIpc) is 2.63. The molecule has 0 spiro atoms. The molecule has 2 aromatic rings. The maximum absolute atomic E-state index is 9.83. The van der Waals surface area contributed by atoms with Crippen LogP contribution in [0.25, 0.3) is 11.3 Å². The van der Waals surface area contributed by atoms with Crippen molar-refractivity contribution in [2.45, 2.75) is 13.8 Å². The Morgan fingerprint density at radius 1 is 1.21 bits per heavy atom. The molecule has 0 saturated carbocycles. The predicted octanol–water partition coefficient (Wildman–Crippen LogP) is 3.27. The van der Waals surface area contributed by atoms with Crippen molar-refractivity contribution in [1.29, 1.82) is 0 Å². The van der Waals surface area contributed by atoms with Crippen LogP contribution in [0.3, 0.4) is 0 Å². The molecule has 72 valence electrons. The molecule has 1 aromatic carbocycles. The van der Waals surface area contributed by atoms with Gasteiger partial charge in [-0.25, -0.2) is 0 Å². The van der Waals surface area contributed by atoms with E-state index in [1.165, 1.54) is 0 Å². The van der Waals surface area contributed by atoms with Crippen molar-refractivity contribution in [3.63, 3.8) is 0 Å². The molecule has 2 heteroatoms. The zero-order chi connectivity index (χ0) is 10.1. The molecular formula is C12H12O2. The summed E-state index contributed by atoms with van der Waals surface area (Å²) < 4.78 is 5.25. The number of benzene rings is 1.